The van der Waals surface area contributed by atoms with E-state index in [0.29, 0.717) is 30.8 Å². The summed E-state index contributed by atoms with van der Waals surface area (Å²) >= 11 is 0. The lowest BCUT2D eigenvalue weighted by Gasteiger charge is -2.04. The SMILES string of the molecule is CCCCCC1OC1CC=CCC(=O)OCCCOC(=O)CC=CCC1OC1CCCCC. The predicted molar refractivity (Wildman–Crippen MR) is 129 cm³/mol. The lowest BCUT2D eigenvalue weighted by Crippen LogP contribution is -2.09. The average Bonchev–Trinajstić information content (AvgIpc) is 3.72. The minimum Gasteiger partial charge on any atom is -0.465 e. The molecule has 0 amide bonds. The van der Waals surface area contributed by atoms with Crippen LogP contribution >= 0.6 is 0 Å². The Balaban J connectivity index is 1.36. The van der Waals surface area contributed by atoms with Crippen molar-refractivity contribution in [3.05, 3.63) is 24.3 Å². The van der Waals surface area contributed by atoms with Gasteiger partial charge in [-0.15, -0.1) is 0 Å². The van der Waals surface area contributed by atoms with E-state index in [1.807, 2.05) is 24.3 Å². The van der Waals surface area contributed by atoms with E-state index in [-0.39, 0.29) is 38.0 Å². The Morgan fingerprint density at radius 3 is 1.52 bits per heavy atom. The molecule has 2 saturated heterocycles. The van der Waals surface area contributed by atoms with E-state index in [4.69, 9.17) is 18.9 Å². The summed E-state index contributed by atoms with van der Waals surface area (Å²) in [6, 6.07) is 0. The number of esters is 2. The summed E-state index contributed by atoms with van der Waals surface area (Å²) in [5.74, 6) is -0.515. The molecule has 188 valence electrons. The molecule has 2 rings (SSSR count). The third-order valence-corrected chi connectivity index (χ3v) is 6.01. The van der Waals surface area contributed by atoms with Gasteiger partial charge in [0.25, 0.3) is 0 Å². The molecule has 2 fully saturated rings. The maximum Gasteiger partial charge on any atom is 0.309 e. The summed E-state index contributed by atoms with van der Waals surface area (Å²) in [6.45, 7) is 4.93. The van der Waals surface area contributed by atoms with Gasteiger partial charge in [0.2, 0.25) is 0 Å². The Morgan fingerprint density at radius 1 is 0.636 bits per heavy atom. The summed E-state index contributed by atoms with van der Waals surface area (Å²) in [7, 11) is 0. The maximum atomic E-state index is 11.7. The Hall–Kier alpha value is -1.66. The van der Waals surface area contributed by atoms with Gasteiger partial charge in [-0.2, -0.15) is 0 Å². The zero-order valence-corrected chi connectivity index (χ0v) is 20.7. The van der Waals surface area contributed by atoms with Crippen molar-refractivity contribution in [2.75, 3.05) is 13.2 Å². The van der Waals surface area contributed by atoms with Crippen LogP contribution in [0.4, 0.5) is 0 Å². The Kier molecular flexibility index (Phi) is 14.1. The molecule has 4 unspecified atom stereocenters. The second kappa shape index (κ2) is 16.9. The molecule has 4 atom stereocenters. The molecule has 0 saturated carbocycles. The minimum atomic E-state index is -0.257. The van der Waals surface area contributed by atoms with Crippen LogP contribution in [0.2, 0.25) is 0 Å². The van der Waals surface area contributed by atoms with Gasteiger partial charge in [0.15, 0.2) is 0 Å². The first-order valence-corrected chi connectivity index (χ1v) is 13.1. The summed E-state index contributed by atoms with van der Waals surface area (Å²) in [4.78, 5) is 23.5. The fourth-order valence-electron chi connectivity index (χ4n) is 3.84. The van der Waals surface area contributed by atoms with Gasteiger partial charge in [0, 0.05) is 6.42 Å². The van der Waals surface area contributed by atoms with Crippen LogP contribution in [-0.4, -0.2) is 49.6 Å². The topological polar surface area (TPSA) is 77.7 Å². The van der Waals surface area contributed by atoms with Crippen molar-refractivity contribution in [2.24, 2.45) is 0 Å². The zero-order chi connectivity index (χ0) is 23.7. The van der Waals surface area contributed by atoms with Crippen LogP contribution in [0.3, 0.4) is 0 Å². The van der Waals surface area contributed by atoms with E-state index in [1.54, 1.807) is 0 Å². The molecule has 0 aromatic heterocycles. The fraction of sp³-hybridized carbons (Fsp3) is 0.778. The Morgan fingerprint density at radius 2 is 1.09 bits per heavy atom. The molecule has 0 N–H and O–H groups in total. The van der Waals surface area contributed by atoms with E-state index in [1.165, 1.54) is 38.5 Å². The molecule has 6 heteroatoms. The van der Waals surface area contributed by atoms with E-state index in [9.17, 15) is 9.59 Å². The number of epoxide rings is 2. The number of carbonyl (C=O) groups excluding carboxylic acids is 2. The Labute approximate surface area is 200 Å². The molecule has 0 aromatic carbocycles. The van der Waals surface area contributed by atoms with Crippen molar-refractivity contribution in [2.45, 2.75) is 122 Å². The van der Waals surface area contributed by atoms with Crippen LogP contribution in [0.5, 0.6) is 0 Å². The van der Waals surface area contributed by atoms with Gasteiger partial charge < -0.3 is 18.9 Å². The molecule has 2 aliphatic rings. The van der Waals surface area contributed by atoms with E-state index in [0.717, 1.165) is 25.7 Å². The molecule has 0 spiro atoms. The highest BCUT2D eigenvalue weighted by molar-refractivity contribution is 5.71. The molecule has 6 nitrogen and oxygen atoms in total. The summed E-state index contributed by atoms with van der Waals surface area (Å²) in [6.07, 6.45) is 21.7. The molecule has 0 aromatic rings. The molecule has 2 aliphatic heterocycles. The lowest BCUT2D eigenvalue weighted by atomic mass is 10.1. The van der Waals surface area contributed by atoms with Crippen LogP contribution in [0, 0.1) is 0 Å². The van der Waals surface area contributed by atoms with Gasteiger partial charge in [-0.1, -0.05) is 76.7 Å². The zero-order valence-electron chi connectivity index (χ0n) is 20.7. The van der Waals surface area contributed by atoms with Gasteiger partial charge in [-0.3, -0.25) is 9.59 Å². The lowest BCUT2D eigenvalue weighted by molar-refractivity contribution is -0.145. The number of ether oxygens (including phenoxy) is 4. The first-order chi connectivity index (χ1) is 16.1. The standard InChI is InChI=1S/C27H44O6/c1-3-5-7-14-22-24(32-22)16-9-11-18-26(28)30-20-13-21-31-27(29)19-12-10-17-25-23(33-25)15-8-6-4-2/h9-12,22-25H,3-8,13-21H2,1-2H3. The van der Waals surface area contributed by atoms with Gasteiger partial charge in [0.1, 0.15) is 0 Å². The van der Waals surface area contributed by atoms with Crippen molar-refractivity contribution >= 4 is 11.9 Å². The number of carbonyl (C=O) groups is 2. The van der Waals surface area contributed by atoms with Crippen LogP contribution in [-0.2, 0) is 28.5 Å². The normalized spacial score (nSPS) is 23.8. The van der Waals surface area contributed by atoms with Crippen LogP contribution < -0.4 is 0 Å². The molecule has 2 heterocycles. The van der Waals surface area contributed by atoms with Crippen molar-refractivity contribution in [3.8, 4) is 0 Å². The van der Waals surface area contributed by atoms with Gasteiger partial charge in [-0.25, -0.2) is 0 Å². The number of rotatable bonds is 20. The second-order valence-corrected chi connectivity index (χ2v) is 9.03. The average molecular weight is 465 g/mol. The minimum absolute atomic E-state index is 0.257. The molecular weight excluding hydrogens is 420 g/mol. The molecular formula is C27H44O6. The second-order valence-electron chi connectivity index (χ2n) is 9.03. The largest absolute Gasteiger partial charge is 0.465 e. The van der Waals surface area contributed by atoms with E-state index < -0.39 is 0 Å². The van der Waals surface area contributed by atoms with Crippen molar-refractivity contribution in [1.29, 1.82) is 0 Å². The fourth-order valence-corrected chi connectivity index (χ4v) is 3.84. The first-order valence-electron chi connectivity index (χ1n) is 13.1. The van der Waals surface area contributed by atoms with Crippen LogP contribution in [0.15, 0.2) is 24.3 Å². The van der Waals surface area contributed by atoms with Gasteiger partial charge in [0.05, 0.1) is 50.5 Å². The number of hydrogen-bond donors (Lipinski definition) is 0. The summed E-state index contributed by atoms with van der Waals surface area (Å²) < 4.78 is 21.6. The van der Waals surface area contributed by atoms with Crippen molar-refractivity contribution in [3.63, 3.8) is 0 Å². The number of unbranched alkanes of at least 4 members (excludes halogenated alkanes) is 4. The van der Waals surface area contributed by atoms with E-state index in [2.05, 4.69) is 13.8 Å². The summed E-state index contributed by atoms with van der Waals surface area (Å²) in [5.41, 5.74) is 0. The van der Waals surface area contributed by atoms with Crippen molar-refractivity contribution in [1.82, 2.24) is 0 Å². The third-order valence-electron chi connectivity index (χ3n) is 6.01. The van der Waals surface area contributed by atoms with Crippen LogP contribution in [0.25, 0.3) is 0 Å². The highest BCUT2D eigenvalue weighted by atomic mass is 16.6. The first kappa shape index (κ1) is 27.6. The third kappa shape index (κ3) is 13.6. The highest BCUT2D eigenvalue weighted by Crippen LogP contribution is 2.31. The highest BCUT2D eigenvalue weighted by Gasteiger charge is 2.37. The number of hydrogen-bond acceptors (Lipinski definition) is 6. The molecule has 0 bridgehead atoms. The maximum absolute atomic E-state index is 11.7. The quantitative estimate of drug-likeness (QED) is 0.0976. The monoisotopic (exact) mass is 464 g/mol. The molecule has 0 radical (unpaired) electrons. The smallest absolute Gasteiger partial charge is 0.309 e. The van der Waals surface area contributed by atoms with Crippen LogP contribution in [0.1, 0.15) is 97.3 Å². The Bertz CT molecular complexity index is 562. The van der Waals surface area contributed by atoms with Gasteiger partial charge >= 0.3 is 11.9 Å². The summed E-state index contributed by atoms with van der Waals surface area (Å²) in [5, 5.41) is 0. The van der Waals surface area contributed by atoms with Crippen molar-refractivity contribution < 1.29 is 28.5 Å². The van der Waals surface area contributed by atoms with Gasteiger partial charge in [-0.05, 0) is 25.7 Å². The molecule has 33 heavy (non-hydrogen) atoms. The molecule has 0 aliphatic carbocycles. The predicted octanol–water partition coefficient (Wildman–Crippen LogP) is 5.83. The van der Waals surface area contributed by atoms with E-state index >= 15 is 0 Å².